The van der Waals surface area contributed by atoms with E-state index < -0.39 is 5.92 Å². The van der Waals surface area contributed by atoms with E-state index in [9.17, 15) is 10.1 Å². The van der Waals surface area contributed by atoms with Crippen molar-refractivity contribution in [3.63, 3.8) is 0 Å². The van der Waals surface area contributed by atoms with Crippen molar-refractivity contribution in [2.45, 2.75) is 12.8 Å². The first kappa shape index (κ1) is 25.0. The maximum Gasteiger partial charge on any atom is 0.262 e. The van der Waals surface area contributed by atoms with Gasteiger partial charge in [0.2, 0.25) is 5.88 Å². The Morgan fingerprint density at radius 2 is 1.76 bits per heavy atom. The van der Waals surface area contributed by atoms with E-state index in [0.717, 1.165) is 21.9 Å². The maximum atomic E-state index is 12.4. The number of rotatable bonds is 7. The second-order valence-corrected chi connectivity index (χ2v) is 9.00. The zero-order chi connectivity index (χ0) is 26.6. The molecule has 0 saturated carbocycles. The zero-order valence-corrected chi connectivity index (χ0v) is 21.3. The Kier molecular flexibility index (Phi) is 7.07. The van der Waals surface area contributed by atoms with Gasteiger partial charge in [0.15, 0.2) is 18.1 Å². The van der Waals surface area contributed by atoms with Crippen molar-refractivity contribution >= 4 is 34.0 Å². The third-order valence-corrected chi connectivity index (χ3v) is 6.50. The molecule has 1 amide bonds. The van der Waals surface area contributed by atoms with Gasteiger partial charge in [-0.25, -0.2) is 0 Å². The first-order valence-corrected chi connectivity index (χ1v) is 12.4. The number of allylic oxidation sites excluding steroid dienone is 1. The summed E-state index contributed by atoms with van der Waals surface area (Å²) < 4.78 is 17.6. The van der Waals surface area contributed by atoms with Gasteiger partial charge in [-0.05, 0) is 42.8 Å². The molecule has 1 atom stereocenters. The van der Waals surface area contributed by atoms with Crippen LogP contribution in [0.1, 0.15) is 24.0 Å². The number of carbonyl (C=O) groups is 1. The standard InChI is InChI=1S/C30H24ClN3O4/c1-2-36-26-14-18(12-13-25(26)37-17-27(35)34-19-8-4-3-5-9-19)28-22-15-24(31)20-10-6-7-11-21(20)29(22)38-30(33)23(28)16-32/h3-15,28H,2,17,33H2,1H3,(H,34,35)/t28-/m0/s1. The number of carbonyl (C=O) groups excluding carboxylic acids is 1. The van der Waals surface area contributed by atoms with Crippen molar-refractivity contribution < 1.29 is 19.0 Å². The quantitative estimate of drug-likeness (QED) is 0.301. The van der Waals surface area contributed by atoms with Crippen LogP contribution in [0.15, 0.2) is 90.3 Å². The molecular weight excluding hydrogens is 502 g/mol. The second-order valence-electron chi connectivity index (χ2n) is 8.59. The van der Waals surface area contributed by atoms with Gasteiger partial charge in [0, 0.05) is 27.0 Å². The lowest BCUT2D eigenvalue weighted by molar-refractivity contribution is -0.118. The predicted molar refractivity (Wildman–Crippen MR) is 146 cm³/mol. The molecule has 0 aromatic heterocycles. The van der Waals surface area contributed by atoms with Gasteiger partial charge < -0.3 is 25.3 Å². The van der Waals surface area contributed by atoms with Crippen molar-refractivity contribution in [1.29, 1.82) is 5.26 Å². The van der Waals surface area contributed by atoms with Crippen LogP contribution in [0.2, 0.25) is 5.02 Å². The Labute approximate surface area is 225 Å². The second kappa shape index (κ2) is 10.8. The van der Waals surface area contributed by atoms with E-state index in [-0.39, 0.29) is 24.0 Å². The summed E-state index contributed by atoms with van der Waals surface area (Å²) in [6.45, 7) is 2.03. The Bertz CT molecular complexity index is 1590. The number of para-hydroxylation sites is 1. The number of nitriles is 1. The summed E-state index contributed by atoms with van der Waals surface area (Å²) in [7, 11) is 0. The molecule has 4 aromatic carbocycles. The highest BCUT2D eigenvalue weighted by Crippen LogP contribution is 2.48. The van der Waals surface area contributed by atoms with Crippen LogP contribution in [0.5, 0.6) is 17.2 Å². The molecule has 190 valence electrons. The predicted octanol–water partition coefficient (Wildman–Crippen LogP) is 6.13. The summed E-state index contributed by atoms with van der Waals surface area (Å²) in [6, 6.07) is 26.1. The van der Waals surface area contributed by atoms with Crippen LogP contribution in [0.25, 0.3) is 10.8 Å². The molecule has 5 rings (SSSR count). The van der Waals surface area contributed by atoms with Crippen molar-refractivity contribution in [3.05, 3.63) is 106 Å². The van der Waals surface area contributed by atoms with Crippen LogP contribution in [0.3, 0.4) is 0 Å². The van der Waals surface area contributed by atoms with E-state index in [1.807, 2.05) is 61.5 Å². The highest BCUT2D eigenvalue weighted by molar-refractivity contribution is 6.36. The topological polar surface area (TPSA) is 107 Å². The summed E-state index contributed by atoms with van der Waals surface area (Å²) in [5.74, 6) is 0.590. The van der Waals surface area contributed by atoms with Crippen LogP contribution in [0, 0.1) is 11.3 Å². The van der Waals surface area contributed by atoms with Gasteiger partial charge in [-0.1, -0.05) is 60.1 Å². The minimum atomic E-state index is -0.541. The smallest absolute Gasteiger partial charge is 0.262 e. The van der Waals surface area contributed by atoms with Crippen LogP contribution < -0.4 is 25.3 Å². The molecule has 0 spiro atoms. The van der Waals surface area contributed by atoms with Gasteiger partial charge in [0.1, 0.15) is 17.4 Å². The molecule has 0 radical (unpaired) electrons. The van der Waals surface area contributed by atoms with Crippen LogP contribution in [-0.2, 0) is 4.79 Å². The summed E-state index contributed by atoms with van der Waals surface area (Å²) in [6.07, 6.45) is 0. The van der Waals surface area contributed by atoms with E-state index >= 15 is 0 Å². The molecule has 0 bridgehead atoms. The van der Waals surface area contributed by atoms with Crippen LogP contribution in [-0.4, -0.2) is 19.1 Å². The molecule has 0 saturated heterocycles. The number of hydrogen-bond acceptors (Lipinski definition) is 6. The molecule has 8 heteroatoms. The molecular formula is C30H24ClN3O4. The zero-order valence-electron chi connectivity index (χ0n) is 20.5. The summed E-state index contributed by atoms with van der Waals surface area (Å²) in [5.41, 5.74) is 8.64. The van der Waals surface area contributed by atoms with E-state index in [2.05, 4.69) is 11.4 Å². The third kappa shape index (κ3) is 4.82. The number of nitrogens with one attached hydrogen (secondary N) is 1. The monoisotopic (exact) mass is 525 g/mol. The van der Waals surface area contributed by atoms with Crippen LogP contribution in [0.4, 0.5) is 5.69 Å². The number of anilines is 1. The van der Waals surface area contributed by atoms with E-state index in [0.29, 0.717) is 34.6 Å². The average molecular weight is 526 g/mol. The number of halogens is 1. The lowest BCUT2D eigenvalue weighted by Gasteiger charge is -2.28. The number of nitrogens with two attached hydrogens (primary N) is 1. The molecule has 3 N–H and O–H groups in total. The van der Waals surface area contributed by atoms with Gasteiger partial charge >= 0.3 is 0 Å². The average Bonchev–Trinajstić information content (AvgIpc) is 2.93. The van der Waals surface area contributed by atoms with Gasteiger partial charge in [0.25, 0.3) is 5.91 Å². The molecule has 38 heavy (non-hydrogen) atoms. The molecule has 7 nitrogen and oxygen atoms in total. The van der Waals surface area contributed by atoms with Gasteiger partial charge in [-0.2, -0.15) is 5.26 Å². The van der Waals surface area contributed by atoms with E-state index in [1.54, 1.807) is 24.3 Å². The fraction of sp³-hybridized carbons (Fsp3) is 0.133. The highest BCUT2D eigenvalue weighted by Gasteiger charge is 2.33. The van der Waals surface area contributed by atoms with Crippen molar-refractivity contribution in [3.8, 4) is 23.3 Å². The highest BCUT2D eigenvalue weighted by atomic mass is 35.5. The number of amides is 1. The van der Waals surface area contributed by atoms with Crippen molar-refractivity contribution in [2.75, 3.05) is 18.5 Å². The minimum Gasteiger partial charge on any atom is -0.490 e. The molecule has 0 aliphatic carbocycles. The SMILES string of the molecule is CCOc1cc([C@@H]2C(C#N)=C(N)Oc3c2cc(Cl)c2ccccc32)ccc1OCC(=O)Nc1ccccc1. The molecule has 1 aliphatic rings. The molecule has 4 aromatic rings. The van der Waals surface area contributed by atoms with Crippen molar-refractivity contribution in [1.82, 2.24) is 0 Å². The number of benzene rings is 4. The largest absolute Gasteiger partial charge is 0.490 e. The van der Waals surface area contributed by atoms with Gasteiger partial charge in [-0.3, -0.25) is 4.79 Å². The van der Waals surface area contributed by atoms with Gasteiger partial charge in [-0.15, -0.1) is 0 Å². The minimum absolute atomic E-state index is 0.0355. The number of fused-ring (bicyclic) bond motifs is 3. The number of ether oxygens (including phenoxy) is 3. The first-order valence-electron chi connectivity index (χ1n) is 12.0. The Morgan fingerprint density at radius 3 is 2.50 bits per heavy atom. The van der Waals surface area contributed by atoms with E-state index in [1.165, 1.54) is 0 Å². The third-order valence-electron chi connectivity index (χ3n) is 6.19. The van der Waals surface area contributed by atoms with Crippen molar-refractivity contribution in [2.24, 2.45) is 5.73 Å². The normalized spacial score (nSPS) is 14.3. The first-order chi connectivity index (χ1) is 18.5. The summed E-state index contributed by atoms with van der Waals surface area (Å²) in [4.78, 5) is 12.4. The fourth-order valence-electron chi connectivity index (χ4n) is 4.54. The lowest BCUT2D eigenvalue weighted by Crippen LogP contribution is -2.22. The molecule has 1 aliphatic heterocycles. The number of hydrogen-bond donors (Lipinski definition) is 2. The Hall–Kier alpha value is -4.67. The fourth-order valence-corrected chi connectivity index (χ4v) is 4.82. The lowest BCUT2D eigenvalue weighted by atomic mass is 9.82. The molecule has 0 fully saturated rings. The summed E-state index contributed by atoms with van der Waals surface area (Å²) >= 11 is 6.64. The van der Waals surface area contributed by atoms with Crippen LogP contribution >= 0.6 is 11.6 Å². The Morgan fingerprint density at radius 1 is 1.03 bits per heavy atom. The summed E-state index contributed by atoms with van der Waals surface area (Å²) in [5, 5.41) is 15.0. The molecule has 1 heterocycles. The molecule has 0 unspecified atom stereocenters. The maximum absolute atomic E-state index is 12.4. The van der Waals surface area contributed by atoms with Gasteiger partial charge in [0.05, 0.1) is 12.5 Å². The number of nitrogens with zero attached hydrogens (tertiary/aromatic N) is 1. The Balaban J connectivity index is 1.50. The van der Waals surface area contributed by atoms with E-state index in [4.69, 9.17) is 31.5 Å².